The molecule has 0 saturated heterocycles. The summed E-state index contributed by atoms with van der Waals surface area (Å²) in [7, 11) is 0. The fourth-order valence-corrected chi connectivity index (χ4v) is 3.13. The van der Waals surface area contributed by atoms with Gasteiger partial charge in [-0.3, -0.25) is 9.59 Å². The van der Waals surface area contributed by atoms with Gasteiger partial charge in [-0.15, -0.1) is 0 Å². The van der Waals surface area contributed by atoms with Gasteiger partial charge in [0.05, 0.1) is 6.42 Å². The monoisotopic (exact) mass is 366 g/mol. The number of carbonyl (C=O) groups excluding carboxylic acids is 2. The molecule has 2 aromatic carbocycles. The quantitative estimate of drug-likeness (QED) is 0.812. The summed E-state index contributed by atoms with van der Waals surface area (Å²) in [5.74, 6) is -0.161. The molecule has 2 rings (SSSR count). The molecule has 2 aromatic rings. The van der Waals surface area contributed by atoms with Gasteiger partial charge in [-0.2, -0.15) is 0 Å². The van der Waals surface area contributed by atoms with Crippen molar-refractivity contribution in [2.75, 3.05) is 6.54 Å². The lowest BCUT2D eigenvalue weighted by Gasteiger charge is -2.29. The van der Waals surface area contributed by atoms with Crippen LogP contribution in [-0.4, -0.2) is 29.3 Å². The van der Waals surface area contributed by atoms with Gasteiger partial charge in [0.2, 0.25) is 11.8 Å². The van der Waals surface area contributed by atoms with Gasteiger partial charge in [-0.05, 0) is 56.9 Å². The number of nitrogens with zero attached hydrogens (tertiary/aromatic N) is 1. The third-order valence-corrected chi connectivity index (χ3v) is 4.97. The molecule has 0 saturated carbocycles. The number of rotatable bonds is 7. The Morgan fingerprint density at radius 2 is 1.67 bits per heavy atom. The summed E-state index contributed by atoms with van der Waals surface area (Å²) in [5.41, 5.74) is 5.41. The molecule has 0 spiro atoms. The van der Waals surface area contributed by atoms with Crippen LogP contribution in [0, 0.1) is 20.8 Å². The molecule has 144 valence electrons. The maximum absolute atomic E-state index is 13.2. The SMILES string of the molecule is CCNC(=O)[C@H](C)N(Cc1ccccc1C)C(=O)Cc1cc(C)ccc1C. The molecule has 4 heteroatoms. The smallest absolute Gasteiger partial charge is 0.242 e. The molecule has 1 atom stereocenters. The lowest BCUT2D eigenvalue weighted by atomic mass is 10.0. The molecule has 0 aliphatic heterocycles. The van der Waals surface area contributed by atoms with E-state index in [1.54, 1.807) is 11.8 Å². The fraction of sp³-hybridized carbons (Fsp3) is 0.391. The van der Waals surface area contributed by atoms with Crippen molar-refractivity contribution >= 4 is 11.8 Å². The maximum Gasteiger partial charge on any atom is 0.242 e. The number of aryl methyl sites for hydroxylation is 3. The van der Waals surface area contributed by atoms with Crippen molar-refractivity contribution < 1.29 is 9.59 Å². The highest BCUT2D eigenvalue weighted by Crippen LogP contribution is 2.17. The molecular weight excluding hydrogens is 336 g/mol. The number of hydrogen-bond acceptors (Lipinski definition) is 2. The average Bonchev–Trinajstić information content (AvgIpc) is 2.63. The van der Waals surface area contributed by atoms with E-state index in [0.29, 0.717) is 19.5 Å². The normalized spacial score (nSPS) is 11.7. The minimum Gasteiger partial charge on any atom is -0.355 e. The fourth-order valence-electron chi connectivity index (χ4n) is 3.13. The molecule has 0 aromatic heterocycles. The van der Waals surface area contributed by atoms with Crippen molar-refractivity contribution in [3.05, 3.63) is 70.3 Å². The Kier molecular flexibility index (Phi) is 7.17. The number of nitrogens with one attached hydrogen (secondary N) is 1. The van der Waals surface area contributed by atoms with Crippen molar-refractivity contribution in [3.8, 4) is 0 Å². The van der Waals surface area contributed by atoms with Gasteiger partial charge in [0.25, 0.3) is 0 Å². The molecule has 0 unspecified atom stereocenters. The summed E-state index contributed by atoms with van der Waals surface area (Å²) in [4.78, 5) is 27.3. The number of hydrogen-bond donors (Lipinski definition) is 1. The second kappa shape index (κ2) is 9.36. The highest BCUT2D eigenvalue weighted by molar-refractivity contribution is 5.88. The summed E-state index contributed by atoms with van der Waals surface area (Å²) in [6, 6.07) is 13.6. The van der Waals surface area contributed by atoms with E-state index in [4.69, 9.17) is 0 Å². The molecule has 27 heavy (non-hydrogen) atoms. The van der Waals surface area contributed by atoms with Crippen LogP contribution in [0.1, 0.15) is 41.7 Å². The first kappa shape index (κ1) is 20.7. The molecule has 0 radical (unpaired) electrons. The molecule has 0 fully saturated rings. The highest BCUT2D eigenvalue weighted by atomic mass is 16.2. The van der Waals surface area contributed by atoms with E-state index in [-0.39, 0.29) is 11.8 Å². The summed E-state index contributed by atoms with van der Waals surface area (Å²) in [6.45, 7) is 10.7. The lowest BCUT2D eigenvalue weighted by Crippen LogP contribution is -2.48. The van der Waals surface area contributed by atoms with Crippen molar-refractivity contribution in [1.82, 2.24) is 10.2 Å². The van der Waals surface area contributed by atoms with Gasteiger partial charge >= 0.3 is 0 Å². The second-order valence-corrected chi connectivity index (χ2v) is 7.13. The molecular formula is C23H30N2O2. The van der Waals surface area contributed by atoms with Crippen LogP contribution >= 0.6 is 0 Å². The van der Waals surface area contributed by atoms with Crippen LogP contribution in [0.25, 0.3) is 0 Å². The lowest BCUT2D eigenvalue weighted by molar-refractivity contribution is -0.140. The maximum atomic E-state index is 13.2. The van der Waals surface area contributed by atoms with Gasteiger partial charge in [-0.1, -0.05) is 48.0 Å². The van der Waals surface area contributed by atoms with Crippen molar-refractivity contribution in [2.45, 2.75) is 53.6 Å². The van der Waals surface area contributed by atoms with E-state index in [1.807, 2.05) is 64.1 Å². The van der Waals surface area contributed by atoms with Gasteiger partial charge in [0, 0.05) is 13.1 Å². The Balaban J connectivity index is 2.30. The Morgan fingerprint density at radius 1 is 1.00 bits per heavy atom. The van der Waals surface area contributed by atoms with E-state index in [0.717, 1.165) is 27.8 Å². The zero-order chi connectivity index (χ0) is 20.0. The van der Waals surface area contributed by atoms with Crippen LogP contribution < -0.4 is 5.32 Å². The van der Waals surface area contributed by atoms with E-state index < -0.39 is 6.04 Å². The molecule has 0 aliphatic rings. The topological polar surface area (TPSA) is 49.4 Å². The molecule has 2 amide bonds. The molecule has 0 aliphatic carbocycles. The van der Waals surface area contributed by atoms with Crippen molar-refractivity contribution in [1.29, 1.82) is 0 Å². The summed E-state index contributed by atoms with van der Waals surface area (Å²) in [6.07, 6.45) is 0.295. The van der Waals surface area contributed by atoms with Gasteiger partial charge in [0.15, 0.2) is 0 Å². The van der Waals surface area contributed by atoms with Crippen LogP contribution in [-0.2, 0) is 22.6 Å². The van der Waals surface area contributed by atoms with Gasteiger partial charge in [-0.25, -0.2) is 0 Å². The van der Waals surface area contributed by atoms with Crippen LogP contribution in [0.15, 0.2) is 42.5 Å². The van der Waals surface area contributed by atoms with Crippen LogP contribution in [0.5, 0.6) is 0 Å². The zero-order valence-corrected chi connectivity index (χ0v) is 17.0. The van der Waals surface area contributed by atoms with Crippen molar-refractivity contribution in [3.63, 3.8) is 0 Å². The van der Waals surface area contributed by atoms with Crippen LogP contribution in [0.2, 0.25) is 0 Å². The molecule has 0 bridgehead atoms. The van der Waals surface area contributed by atoms with Crippen LogP contribution in [0.4, 0.5) is 0 Å². The first-order valence-corrected chi connectivity index (χ1v) is 9.51. The van der Waals surface area contributed by atoms with E-state index in [1.165, 1.54) is 0 Å². The van der Waals surface area contributed by atoms with Gasteiger partial charge < -0.3 is 10.2 Å². The van der Waals surface area contributed by atoms with Crippen LogP contribution in [0.3, 0.4) is 0 Å². The molecule has 1 N–H and O–H groups in total. The van der Waals surface area contributed by atoms with Crippen molar-refractivity contribution in [2.24, 2.45) is 0 Å². The minimum atomic E-state index is -0.526. The molecule has 4 nitrogen and oxygen atoms in total. The summed E-state index contributed by atoms with van der Waals surface area (Å²) >= 11 is 0. The van der Waals surface area contributed by atoms with E-state index >= 15 is 0 Å². The number of benzene rings is 2. The summed E-state index contributed by atoms with van der Waals surface area (Å²) in [5, 5.41) is 2.83. The first-order chi connectivity index (χ1) is 12.8. The average molecular weight is 367 g/mol. The predicted molar refractivity (Wildman–Crippen MR) is 109 cm³/mol. The standard InChI is InChI=1S/C23H30N2O2/c1-6-24-23(27)19(5)25(15-20-10-8-7-9-17(20)3)22(26)14-21-13-16(2)11-12-18(21)4/h7-13,19H,6,14-15H2,1-5H3,(H,24,27)/t19-/m0/s1. The zero-order valence-electron chi connectivity index (χ0n) is 17.0. The third-order valence-electron chi connectivity index (χ3n) is 4.97. The largest absolute Gasteiger partial charge is 0.355 e. The minimum absolute atomic E-state index is 0.0364. The third kappa shape index (κ3) is 5.43. The van der Waals surface area contributed by atoms with E-state index in [2.05, 4.69) is 11.4 Å². The Morgan fingerprint density at radius 3 is 2.33 bits per heavy atom. The Hall–Kier alpha value is -2.62. The van der Waals surface area contributed by atoms with E-state index in [9.17, 15) is 9.59 Å². The highest BCUT2D eigenvalue weighted by Gasteiger charge is 2.26. The van der Waals surface area contributed by atoms with Gasteiger partial charge in [0.1, 0.15) is 6.04 Å². The number of amides is 2. The Bertz CT molecular complexity index is 814. The second-order valence-electron chi connectivity index (χ2n) is 7.13. The number of carbonyl (C=O) groups is 2. The Labute approximate surface area is 162 Å². The summed E-state index contributed by atoms with van der Waals surface area (Å²) < 4.78 is 0. The number of likely N-dealkylation sites (N-methyl/N-ethyl adjacent to an activating group) is 1. The predicted octanol–water partition coefficient (Wildman–Crippen LogP) is 3.71. The molecule has 0 heterocycles. The first-order valence-electron chi connectivity index (χ1n) is 9.51.